The Bertz CT molecular complexity index is 428. The first-order valence-electron chi connectivity index (χ1n) is 5.68. The molecule has 2 aliphatic heterocycles. The fourth-order valence-electron chi connectivity index (χ4n) is 2.67. The molecule has 2 aliphatic rings. The van der Waals surface area contributed by atoms with E-state index in [0.717, 1.165) is 25.9 Å². The van der Waals surface area contributed by atoms with Gasteiger partial charge in [0.2, 0.25) is 0 Å². The van der Waals surface area contributed by atoms with Crippen LogP contribution in [0.4, 0.5) is 0 Å². The van der Waals surface area contributed by atoms with E-state index in [1.807, 2.05) is 0 Å². The molecule has 0 amide bonds. The van der Waals surface area contributed by atoms with Gasteiger partial charge >= 0.3 is 0 Å². The molecule has 1 atom stereocenters. The normalized spacial score (nSPS) is 27.3. The van der Waals surface area contributed by atoms with Crippen molar-refractivity contribution in [3.8, 4) is 6.07 Å². The molecule has 0 saturated carbocycles. The highest BCUT2D eigenvalue weighted by Gasteiger charge is 2.42. The minimum absolute atomic E-state index is 0.0678. The van der Waals surface area contributed by atoms with Crippen LogP contribution in [0.2, 0.25) is 0 Å². The molecule has 16 heavy (non-hydrogen) atoms. The standard InChI is InChI=1S/C12H14N2OS/c13-7-9-8-15-12(2-4-14-5-3-12)11-10(9)1-6-16-11/h1,6,9,14H,2-5,8H2. The molecule has 1 fully saturated rings. The van der Waals surface area contributed by atoms with E-state index in [2.05, 4.69) is 22.8 Å². The minimum Gasteiger partial charge on any atom is -0.368 e. The summed E-state index contributed by atoms with van der Waals surface area (Å²) in [7, 11) is 0. The zero-order valence-corrected chi connectivity index (χ0v) is 9.85. The molecular formula is C12H14N2OS. The zero-order valence-electron chi connectivity index (χ0n) is 9.03. The number of nitrogens with one attached hydrogen (secondary N) is 1. The van der Waals surface area contributed by atoms with Gasteiger partial charge in [-0.25, -0.2) is 0 Å². The van der Waals surface area contributed by atoms with Crippen molar-refractivity contribution in [3.63, 3.8) is 0 Å². The average molecular weight is 234 g/mol. The summed E-state index contributed by atoms with van der Waals surface area (Å²) in [5.74, 6) is -0.0678. The Kier molecular flexibility index (Phi) is 2.47. The average Bonchev–Trinajstić information content (AvgIpc) is 2.81. The second-order valence-corrected chi connectivity index (χ2v) is 5.36. The Morgan fingerprint density at radius 3 is 3.06 bits per heavy atom. The maximum Gasteiger partial charge on any atom is 0.105 e. The molecule has 1 unspecified atom stereocenters. The van der Waals surface area contributed by atoms with E-state index in [0.29, 0.717) is 6.61 Å². The Balaban J connectivity index is 2.03. The van der Waals surface area contributed by atoms with Crippen LogP contribution in [0, 0.1) is 11.3 Å². The number of nitrogens with zero attached hydrogens (tertiary/aromatic N) is 1. The molecule has 3 rings (SSSR count). The summed E-state index contributed by atoms with van der Waals surface area (Å²) in [4.78, 5) is 1.30. The molecule has 1 saturated heterocycles. The molecule has 0 aromatic carbocycles. The fraction of sp³-hybridized carbons (Fsp3) is 0.583. The topological polar surface area (TPSA) is 45.0 Å². The lowest BCUT2D eigenvalue weighted by molar-refractivity contribution is -0.0810. The van der Waals surface area contributed by atoms with E-state index in [4.69, 9.17) is 10.00 Å². The molecule has 0 aliphatic carbocycles. The first-order chi connectivity index (χ1) is 7.86. The predicted octanol–water partition coefficient (Wildman–Crippen LogP) is 1.96. The maximum atomic E-state index is 9.11. The van der Waals surface area contributed by atoms with Crippen LogP contribution < -0.4 is 5.32 Å². The molecule has 1 N–H and O–H groups in total. The second kappa shape index (κ2) is 3.85. The van der Waals surface area contributed by atoms with E-state index < -0.39 is 0 Å². The Labute approximate surface area is 99.0 Å². The van der Waals surface area contributed by atoms with Crippen LogP contribution in [0.1, 0.15) is 29.2 Å². The van der Waals surface area contributed by atoms with Crippen molar-refractivity contribution >= 4 is 11.3 Å². The first kappa shape index (κ1) is 10.3. The van der Waals surface area contributed by atoms with Gasteiger partial charge in [-0.3, -0.25) is 0 Å². The summed E-state index contributed by atoms with van der Waals surface area (Å²) < 4.78 is 6.04. The van der Waals surface area contributed by atoms with Crippen LogP contribution >= 0.6 is 11.3 Å². The summed E-state index contributed by atoms with van der Waals surface area (Å²) >= 11 is 1.75. The molecule has 1 aromatic rings. The van der Waals surface area contributed by atoms with E-state index in [9.17, 15) is 0 Å². The largest absolute Gasteiger partial charge is 0.368 e. The van der Waals surface area contributed by atoms with Crippen molar-refractivity contribution in [3.05, 3.63) is 21.9 Å². The van der Waals surface area contributed by atoms with Crippen LogP contribution in [0.25, 0.3) is 0 Å². The molecule has 84 valence electrons. The van der Waals surface area contributed by atoms with E-state index in [1.54, 1.807) is 11.3 Å². The van der Waals surface area contributed by atoms with Gasteiger partial charge in [0, 0.05) is 4.88 Å². The summed E-state index contributed by atoms with van der Waals surface area (Å²) in [6.45, 7) is 2.57. The monoisotopic (exact) mass is 234 g/mol. The highest BCUT2D eigenvalue weighted by Crippen LogP contribution is 2.46. The number of rotatable bonds is 0. The minimum atomic E-state index is -0.0951. The van der Waals surface area contributed by atoms with Crippen LogP contribution in [-0.2, 0) is 10.3 Å². The molecule has 0 radical (unpaired) electrons. The van der Waals surface area contributed by atoms with Crippen LogP contribution in [-0.4, -0.2) is 19.7 Å². The van der Waals surface area contributed by atoms with Gasteiger partial charge in [0.25, 0.3) is 0 Å². The number of ether oxygens (including phenoxy) is 1. The van der Waals surface area contributed by atoms with Crippen molar-refractivity contribution < 1.29 is 4.74 Å². The number of fused-ring (bicyclic) bond motifs is 2. The molecule has 0 bridgehead atoms. The van der Waals surface area contributed by atoms with Crippen molar-refractivity contribution in [2.75, 3.05) is 19.7 Å². The van der Waals surface area contributed by atoms with Gasteiger partial charge in [-0.1, -0.05) is 0 Å². The van der Waals surface area contributed by atoms with Crippen molar-refractivity contribution in [1.82, 2.24) is 5.32 Å². The lowest BCUT2D eigenvalue weighted by Gasteiger charge is -2.41. The third-order valence-corrected chi connectivity index (χ3v) is 4.69. The second-order valence-electron chi connectivity index (χ2n) is 4.44. The van der Waals surface area contributed by atoms with Crippen molar-refractivity contribution in [2.24, 2.45) is 0 Å². The fourth-order valence-corrected chi connectivity index (χ4v) is 3.85. The van der Waals surface area contributed by atoms with Gasteiger partial charge in [-0.15, -0.1) is 11.3 Å². The molecular weight excluding hydrogens is 220 g/mol. The van der Waals surface area contributed by atoms with Gasteiger partial charge in [-0.05, 0) is 42.9 Å². The van der Waals surface area contributed by atoms with Gasteiger partial charge < -0.3 is 10.1 Å². The summed E-state index contributed by atoms with van der Waals surface area (Å²) in [6, 6.07) is 4.43. The molecule has 4 heteroatoms. The number of thiophene rings is 1. The third kappa shape index (κ3) is 1.40. The van der Waals surface area contributed by atoms with E-state index in [1.165, 1.54) is 10.4 Å². The zero-order chi connectivity index (χ0) is 11.0. The summed E-state index contributed by atoms with van der Waals surface area (Å²) in [5, 5.41) is 14.6. The number of piperidine rings is 1. The number of hydrogen-bond donors (Lipinski definition) is 1. The van der Waals surface area contributed by atoms with Crippen LogP contribution in [0.5, 0.6) is 0 Å². The predicted molar refractivity (Wildman–Crippen MR) is 62.4 cm³/mol. The van der Waals surface area contributed by atoms with Crippen molar-refractivity contribution in [1.29, 1.82) is 5.26 Å². The molecule has 1 spiro atoms. The van der Waals surface area contributed by atoms with Gasteiger partial charge in [0.05, 0.1) is 18.6 Å². The van der Waals surface area contributed by atoms with Crippen LogP contribution in [0.3, 0.4) is 0 Å². The number of nitriles is 1. The van der Waals surface area contributed by atoms with E-state index >= 15 is 0 Å². The Hall–Kier alpha value is -0.890. The van der Waals surface area contributed by atoms with Crippen LogP contribution in [0.15, 0.2) is 11.4 Å². The van der Waals surface area contributed by atoms with Gasteiger partial charge in [0.1, 0.15) is 5.60 Å². The first-order valence-corrected chi connectivity index (χ1v) is 6.56. The molecule has 1 aromatic heterocycles. The van der Waals surface area contributed by atoms with Gasteiger partial charge in [-0.2, -0.15) is 5.26 Å². The SMILES string of the molecule is N#CC1COC2(CCNCC2)c2sccc21. The van der Waals surface area contributed by atoms with E-state index in [-0.39, 0.29) is 11.5 Å². The van der Waals surface area contributed by atoms with Crippen molar-refractivity contribution in [2.45, 2.75) is 24.4 Å². The summed E-state index contributed by atoms with van der Waals surface area (Å²) in [5.41, 5.74) is 1.11. The highest BCUT2D eigenvalue weighted by atomic mass is 32.1. The molecule has 3 nitrogen and oxygen atoms in total. The smallest absolute Gasteiger partial charge is 0.105 e. The lowest BCUT2D eigenvalue weighted by Crippen LogP contribution is -2.44. The lowest BCUT2D eigenvalue weighted by atomic mass is 9.83. The Morgan fingerprint density at radius 1 is 1.50 bits per heavy atom. The maximum absolute atomic E-state index is 9.11. The number of hydrogen-bond acceptors (Lipinski definition) is 4. The third-order valence-electron chi connectivity index (χ3n) is 3.58. The summed E-state index contributed by atoms with van der Waals surface area (Å²) in [6.07, 6.45) is 2.05. The quantitative estimate of drug-likeness (QED) is 0.746. The Morgan fingerprint density at radius 2 is 2.31 bits per heavy atom. The van der Waals surface area contributed by atoms with Gasteiger partial charge in [0.15, 0.2) is 0 Å². The highest BCUT2D eigenvalue weighted by molar-refractivity contribution is 7.10. The molecule has 3 heterocycles.